The summed E-state index contributed by atoms with van der Waals surface area (Å²) in [6.07, 6.45) is 6.20. The quantitative estimate of drug-likeness (QED) is 0.823. The Morgan fingerprint density at radius 2 is 2.47 bits per heavy atom. The second-order valence-electron chi connectivity index (χ2n) is 4.85. The van der Waals surface area contributed by atoms with Crippen molar-refractivity contribution < 1.29 is 4.79 Å². The zero-order valence-corrected chi connectivity index (χ0v) is 10.6. The molecule has 1 unspecified atom stereocenters. The Morgan fingerprint density at radius 1 is 1.65 bits per heavy atom. The van der Waals surface area contributed by atoms with Crippen LogP contribution in [-0.4, -0.2) is 32.9 Å². The monoisotopic (exact) mass is 236 g/mol. The molecule has 17 heavy (non-hydrogen) atoms. The second kappa shape index (κ2) is 4.96. The maximum Gasteiger partial charge on any atom is 0.158 e. The summed E-state index contributed by atoms with van der Waals surface area (Å²) in [5.74, 6) is 0.261. The zero-order chi connectivity index (χ0) is 12.3. The molecule has 0 saturated carbocycles. The van der Waals surface area contributed by atoms with Gasteiger partial charge in [0, 0.05) is 13.2 Å². The van der Waals surface area contributed by atoms with Crippen molar-refractivity contribution in [2.24, 2.45) is 7.05 Å². The van der Waals surface area contributed by atoms with Crippen molar-refractivity contribution in [1.29, 1.82) is 0 Å². The van der Waals surface area contributed by atoms with Crippen molar-refractivity contribution in [1.82, 2.24) is 20.3 Å². The number of Topliss-reactive ketones (excluding diaryl/α,β-unsaturated/α-hetero) is 1. The Labute approximate surface area is 102 Å². The van der Waals surface area contributed by atoms with Crippen molar-refractivity contribution in [2.45, 2.75) is 44.6 Å². The Morgan fingerprint density at radius 3 is 3.00 bits per heavy atom. The van der Waals surface area contributed by atoms with Gasteiger partial charge in [-0.05, 0) is 25.8 Å². The molecule has 1 aliphatic rings. The minimum atomic E-state index is -0.299. The molecule has 1 aromatic rings. The summed E-state index contributed by atoms with van der Waals surface area (Å²) in [5, 5.41) is 11.2. The summed E-state index contributed by atoms with van der Waals surface area (Å²) in [5.41, 5.74) is 0.466. The Bertz CT molecular complexity index is 393. The number of aryl methyl sites for hydroxylation is 1. The van der Waals surface area contributed by atoms with Crippen LogP contribution in [0.4, 0.5) is 0 Å². The summed E-state index contributed by atoms with van der Waals surface area (Å²) < 4.78 is 1.64. The molecular formula is C12H20N4O. The van der Waals surface area contributed by atoms with Gasteiger partial charge in [-0.15, -0.1) is 5.10 Å². The molecule has 5 heteroatoms. The van der Waals surface area contributed by atoms with Gasteiger partial charge in [0.25, 0.3) is 0 Å². The van der Waals surface area contributed by atoms with E-state index in [1.165, 1.54) is 0 Å². The summed E-state index contributed by atoms with van der Waals surface area (Å²) >= 11 is 0. The molecule has 1 saturated heterocycles. The third kappa shape index (κ3) is 2.54. The van der Waals surface area contributed by atoms with Gasteiger partial charge in [-0.2, -0.15) is 0 Å². The standard InChI is InChI=1S/C12H20N4O/c1-3-5-12(6-4-7-13-12)11(17)8-10-9-16(2)15-14-10/h9,13H,3-8H2,1-2H3. The molecule has 1 N–H and O–H groups in total. The van der Waals surface area contributed by atoms with Gasteiger partial charge in [0.15, 0.2) is 5.78 Å². The maximum atomic E-state index is 12.4. The minimum absolute atomic E-state index is 0.261. The molecule has 1 aromatic heterocycles. The number of nitrogens with one attached hydrogen (secondary N) is 1. The van der Waals surface area contributed by atoms with E-state index in [4.69, 9.17) is 0 Å². The highest BCUT2D eigenvalue weighted by Crippen LogP contribution is 2.26. The molecule has 2 heterocycles. The van der Waals surface area contributed by atoms with E-state index in [0.29, 0.717) is 6.42 Å². The van der Waals surface area contributed by atoms with E-state index in [2.05, 4.69) is 22.6 Å². The average molecular weight is 236 g/mol. The van der Waals surface area contributed by atoms with Crippen LogP contribution in [0.2, 0.25) is 0 Å². The van der Waals surface area contributed by atoms with Gasteiger partial charge in [-0.25, -0.2) is 0 Å². The molecule has 0 aliphatic carbocycles. The molecule has 0 radical (unpaired) electrons. The number of aromatic nitrogens is 3. The lowest BCUT2D eigenvalue weighted by atomic mass is 9.85. The van der Waals surface area contributed by atoms with E-state index < -0.39 is 0 Å². The fourth-order valence-corrected chi connectivity index (χ4v) is 2.63. The molecule has 0 aromatic carbocycles. The Kier molecular flexibility index (Phi) is 3.57. The van der Waals surface area contributed by atoms with Gasteiger partial charge in [-0.1, -0.05) is 18.6 Å². The van der Waals surface area contributed by atoms with Crippen LogP contribution in [0.3, 0.4) is 0 Å². The summed E-state index contributed by atoms with van der Waals surface area (Å²) in [6, 6.07) is 0. The number of carbonyl (C=O) groups excluding carboxylic acids is 1. The molecule has 0 amide bonds. The normalized spacial score (nSPS) is 24.1. The molecule has 1 fully saturated rings. The van der Waals surface area contributed by atoms with E-state index in [0.717, 1.165) is 37.9 Å². The van der Waals surface area contributed by atoms with Crippen LogP contribution in [-0.2, 0) is 18.3 Å². The highest BCUT2D eigenvalue weighted by Gasteiger charge is 2.39. The maximum absolute atomic E-state index is 12.4. The van der Waals surface area contributed by atoms with Crippen LogP contribution in [0, 0.1) is 0 Å². The zero-order valence-electron chi connectivity index (χ0n) is 10.6. The third-order valence-corrected chi connectivity index (χ3v) is 3.45. The fraction of sp³-hybridized carbons (Fsp3) is 0.750. The predicted molar refractivity (Wildman–Crippen MR) is 64.6 cm³/mol. The molecule has 5 nitrogen and oxygen atoms in total. The number of hydrogen-bond donors (Lipinski definition) is 1. The topological polar surface area (TPSA) is 59.8 Å². The second-order valence-corrected chi connectivity index (χ2v) is 4.85. The smallest absolute Gasteiger partial charge is 0.158 e. The number of rotatable bonds is 5. The molecular weight excluding hydrogens is 216 g/mol. The first-order valence-corrected chi connectivity index (χ1v) is 6.30. The van der Waals surface area contributed by atoms with Crippen molar-refractivity contribution >= 4 is 5.78 Å². The van der Waals surface area contributed by atoms with Crippen LogP contribution in [0.15, 0.2) is 6.20 Å². The molecule has 0 spiro atoms. The van der Waals surface area contributed by atoms with Crippen LogP contribution in [0.25, 0.3) is 0 Å². The third-order valence-electron chi connectivity index (χ3n) is 3.45. The van der Waals surface area contributed by atoms with Crippen molar-refractivity contribution in [3.05, 3.63) is 11.9 Å². The lowest BCUT2D eigenvalue weighted by molar-refractivity contribution is -0.124. The van der Waals surface area contributed by atoms with Crippen LogP contribution < -0.4 is 5.32 Å². The summed E-state index contributed by atoms with van der Waals surface area (Å²) in [4.78, 5) is 12.4. The highest BCUT2D eigenvalue weighted by molar-refractivity contribution is 5.90. The van der Waals surface area contributed by atoms with Crippen molar-refractivity contribution in [2.75, 3.05) is 6.54 Å². The van der Waals surface area contributed by atoms with Crippen LogP contribution >= 0.6 is 0 Å². The first-order valence-electron chi connectivity index (χ1n) is 6.30. The Hall–Kier alpha value is -1.23. The van der Waals surface area contributed by atoms with Crippen molar-refractivity contribution in [3.63, 3.8) is 0 Å². The van der Waals surface area contributed by atoms with Gasteiger partial charge < -0.3 is 5.32 Å². The van der Waals surface area contributed by atoms with E-state index in [9.17, 15) is 4.79 Å². The molecule has 94 valence electrons. The number of hydrogen-bond acceptors (Lipinski definition) is 4. The molecule has 1 aliphatic heterocycles. The molecule has 1 atom stereocenters. The van der Waals surface area contributed by atoms with Gasteiger partial charge in [0.2, 0.25) is 0 Å². The van der Waals surface area contributed by atoms with Gasteiger partial charge in [-0.3, -0.25) is 9.48 Å². The van der Waals surface area contributed by atoms with E-state index in [-0.39, 0.29) is 11.3 Å². The fourth-order valence-electron chi connectivity index (χ4n) is 2.63. The minimum Gasteiger partial charge on any atom is -0.305 e. The first kappa shape index (κ1) is 12.2. The highest BCUT2D eigenvalue weighted by atomic mass is 16.1. The predicted octanol–water partition coefficient (Wildman–Crippen LogP) is 0.849. The molecule has 0 bridgehead atoms. The lowest BCUT2D eigenvalue weighted by Crippen LogP contribution is -2.48. The summed E-state index contributed by atoms with van der Waals surface area (Å²) in [7, 11) is 1.82. The lowest BCUT2D eigenvalue weighted by Gasteiger charge is -2.27. The molecule has 2 rings (SSSR count). The van der Waals surface area contributed by atoms with E-state index >= 15 is 0 Å². The van der Waals surface area contributed by atoms with E-state index in [1.807, 2.05) is 13.2 Å². The van der Waals surface area contributed by atoms with Crippen LogP contribution in [0.1, 0.15) is 38.3 Å². The first-order chi connectivity index (χ1) is 8.16. The largest absolute Gasteiger partial charge is 0.305 e. The number of carbonyl (C=O) groups is 1. The van der Waals surface area contributed by atoms with Crippen molar-refractivity contribution in [3.8, 4) is 0 Å². The SMILES string of the molecule is CCCC1(C(=O)Cc2cn(C)nn2)CCCN1. The van der Waals surface area contributed by atoms with Crippen LogP contribution in [0.5, 0.6) is 0 Å². The summed E-state index contributed by atoms with van der Waals surface area (Å²) in [6.45, 7) is 3.07. The average Bonchev–Trinajstić information content (AvgIpc) is 2.89. The van der Waals surface area contributed by atoms with Gasteiger partial charge in [0.05, 0.1) is 17.7 Å². The number of nitrogens with zero attached hydrogens (tertiary/aromatic N) is 3. The van der Waals surface area contributed by atoms with Gasteiger partial charge >= 0.3 is 0 Å². The number of ketones is 1. The van der Waals surface area contributed by atoms with Gasteiger partial charge in [0.1, 0.15) is 0 Å². The van der Waals surface area contributed by atoms with E-state index in [1.54, 1.807) is 4.68 Å². The Balaban J connectivity index is 2.06.